The van der Waals surface area contributed by atoms with Crippen molar-refractivity contribution in [3.05, 3.63) is 0 Å². The Labute approximate surface area is 161 Å². The summed E-state index contributed by atoms with van der Waals surface area (Å²) in [5, 5.41) is 2.60. The third-order valence-electron chi connectivity index (χ3n) is 4.80. The van der Waals surface area contributed by atoms with Gasteiger partial charge in [0.1, 0.15) is 5.60 Å². The van der Waals surface area contributed by atoms with Crippen LogP contribution in [0.5, 0.6) is 0 Å². The summed E-state index contributed by atoms with van der Waals surface area (Å²) in [6.07, 6.45) is 2.20. The van der Waals surface area contributed by atoms with Crippen LogP contribution in [0.15, 0.2) is 0 Å². The zero-order valence-electron chi connectivity index (χ0n) is 16.8. The van der Waals surface area contributed by atoms with Crippen LogP contribution in [-0.4, -0.2) is 79.2 Å². The zero-order chi connectivity index (χ0) is 19.9. The second-order valence-electron chi connectivity index (χ2n) is 8.20. The summed E-state index contributed by atoms with van der Waals surface area (Å²) in [7, 11) is 0. The van der Waals surface area contributed by atoms with Gasteiger partial charge in [-0.3, -0.25) is 9.59 Å². The summed E-state index contributed by atoms with van der Waals surface area (Å²) in [5.74, 6) is 0.591. The average Bonchev–Trinajstić information content (AvgIpc) is 2.61. The summed E-state index contributed by atoms with van der Waals surface area (Å²) < 4.78 is 10.5. The van der Waals surface area contributed by atoms with Crippen LogP contribution >= 0.6 is 0 Å². The molecule has 8 nitrogen and oxygen atoms in total. The van der Waals surface area contributed by atoms with E-state index in [1.165, 1.54) is 0 Å². The molecule has 2 aliphatic heterocycles. The van der Waals surface area contributed by atoms with E-state index in [0.717, 1.165) is 26.1 Å². The van der Waals surface area contributed by atoms with E-state index in [2.05, 4.69) is 5.32 Å². The lowest BCUT2D eigenvalue weighted by Gasteiger charge is -2.35. The number of piperazine rings is 1. The second kappa shape index (κ2) is 9.92. The molecule has 2 rings (SSSR count). The molecule has 0 radical (unpaired) electrons. The molecule has 0 aromatic carbocycles. The Hall–Kier alpha value is -1.83. The Kier molecular flexibility index (Phi) is 7.89. The van der Waals surface area contributed by atoms with Gasteiger partial charge >= 0.3 is 6.09 Å². The van der Waals surface area contributed by atoms with Gasteiger partial charge in [0.05, 0.1) is 0 Å². The summed E-state index contributed by atoms with van der Waals surface area (Å²) in [6, 6.07) is 0. The first-order chi connectivity index (χ1) is 12.7. The summed E-state index contributed by atoms with van der Waals surface area (Å²) in [6.45, 7) is 9.36. The van der Waals surface area contributed by atoms with E-state index in [1.807, 2.05) is 4.90 Å². The van der Waals surface area contributed by atoms with Crippen molar-refractivity contribution in [2.24, 2.45) is 5.92 Å². The topological polar surface area (TPSA) is 88.2 Å². The Morgan fingerprint density at radius 2 is 1.56 bits per heavy atom. The van der Waals surface area contributed by atoms with Gasteiger partial charge < -0.3 is 24.6 Å². The molecule has 0 aromatic heterocycles. The summed E-state index contributed by atoms with van der Waals surface area (Å²) in [5.41, 5.74) is -0.554. The number of hydrogen-bond donors (Lipinski definition) is 1. The van der Waals surface area contributed by atoms with Crippen LogP contribution < -0.4 is 5.32 Å². The van der Waals surface area contributed by atoms with E-state index in [0.29, 0.717) is 38.5 Å². The number of amides is 3. The maximum atomic E-state index is 12.4. The van der Waals surface area contributed by atoms with Crippen LogP contribution in [0.3, 0.4) is 0 Å². The molecule has 0 bridgehead atoms. The number of nitrogens with zero attached hydrogens (tertiary/aromatic N) is 2. The minimum absolute atomic E-state index is 0.0115. The minimum Gasteiger partial charge on any atom is -0.444 e. The van der Waals surface area contributed by atoms with E-state index in [9.17, 15) is 14.4 Å². The van der Waals surface area contributed by atoms with Gasteiger partial charge in [-0.05, 0) is 39.5 Å². The molecule has 0 atom stereocenters. The molecule has 8 heteroatoms. The molecule has 27 heavy (non-hydrogen) atoms. The molecule has 154 valence electrons. The fourth-order valence-electron chi connectivity index (χ4n) is 3.28. The fraction of sp³-hybridized carbons (Fsp3) is 0.842. The minimum atomic E-state index is -0.554. The molecule has 2 fully saturated rings. The molecule has 0 aliphatic carbocycles. The largest absolute Gasteiger partial charge is 0.444 e. The number of carbonyl (C=O) groups is 3. The van der Waals surface area contributed by atoms with E-state index >= 15 is 0 Å². The van der Waals surface area contributed by atoms with Crippen LogP contribution in [0.2, 0.25) is 0 Å². The molecule has 2 aliphatic rings. The van der Waals surface area contributed by atoms with Crippen molar-refractivity contribution in [2.45, 2.75) is 52.1 Å². The monoisotopic (exact) mass is 383 g/mol. The van der Waals surface area contributed by atoms with Gasteiger partial charge in [-0.15, -0.1) is 0 Å². The maximum absolute atomic E-state index is 12.4. The van der Waals surface area contributed by atoms with Gasteiger partial charge in [-0.25, -0.2) is 4.79 Å². The quantitative estimate of drug-likeness (QED) is 0.775. The first-order valence-electron chi connectivity index (χ1n) is 9.85. The molecular formula is C19H33N3O5. The van der Waals surface area contributed by atoms with Crippen molar-refractivity contribution in [3.8, 4) is 0 Å². The van der Waals surface area contributed by atoms with Crippen molar-refractivity contribution < 1.29 is 23.9 Å². The van der Waals surface area contributed by atoms with E-state index in [4.69, 9.17) is 9.47 Å². The molecule has 1 N–H and O–H groups in total. The first kappa shape index (κ1) is 21.5. The Morgan fingerprint density at radius 1 is 1.00 bits per heavy atom. The lowest BCUT2D eigenvalue weighted by molar-refractivity contribution is -0.140. The Bertz CT molecular complexity index is 518. The number of hydrogen-bond acceptors (Lipinski definition) is 5. The second-order valence-corrected chi connectivity index (χ2v) is 8.20. The van der Waals surface area contributed by atoms with Crippen LogP contribution in [0.4, 0.5) is 4.79 Å². The number of nitrogens with one attached hydrogen (secondary N) is 1. The SMILES string of the molecule is CC(C)(C)OC(=O)NCCC(=O)N1CCN(C(=O)CC2CCOCC2)CC1. The van der Waals surface area contributed by atoms with E-state index < -0.39 is 11.7 Å². The van der Waals surface area contributed by atoms with Gasteiger partial charge in [-0.2, -0.15) is 0 Å². The standard InChI is InChI=1S/C19H33N3O5/c1-19(2,3)27-18(25)20-7-4-16(23)21-8-10-22(11-9-21)17(24)14-15-5-12-26-13-6-15/h15H,4-14H2,1-3H3,(H,20,25). The molecule has 2 heterocycles. The first-order valence-corrected chi connectivity index (χ1v) is 9.85. The number of ether oxygens (including phenoxy) is 2. The summed E-state index contributed by atoms with van der Waals surface area (Å²) >= 11 is 0. The molecule has 0 spiro atoms. The third kappa shape index (κ3) is 7.74. The Morgan fingerprint density at radius 3 is 2.11 bits per heavy atom. The highest BCUT2D eigenvalue weighted by Gasteiger charge is 2.26. The molecule has 0 unspecified atom stereocenters. The van der Waals surface area contributed by atoms with Gasteiger partial charge in [0.2, 0.25) is 11.8 Å². The average molecular weight is 383 g/mol. The van der Waals surface area contributed by atoms with Gasteiger partial charge in [0, 0.05) is 58.8 Å². The van der Waals surface area contributed by atoms with Gasteiger partial charge in [0.15, 0.2) is 0 Å². The van der Waals surface area contributed by atoms with Crippen LogP contribution in [0.1, 0.15) is 46.5 Å². The highest BCUT2D eigenvalue weighted by Crippen LogP contribution is 2.20. The Balaban J connectivity index is 1.63. The number of rotatable bonds is 5. The van der Waals surface area contributed by atoms with Crippen molar-refractivity contribution in [3.63, 3.8) is 0 Å². The lowest BCUT2D eigenvalue weighted by atomic mass is 9.96. The summed E-state index contributed by atoms with van der Waals surface area (Å²) in [4.78, 5) is 39.9. The fourth-order valence-corrected chi connectivity index (χ4v) is 3.28. The van der Waals surface area contributed by atoms with Crippen molar-refractivity contribution in [2.75, 3.05) is 45.9 Å². The highest BCUT2D eigenvalue weighted by atomic mass is 16.6. The van der Waals surface area contributed by atoms with E-state index in [1.54, 1.807) is 25.7 Å². The molecular weight excluding hydrogens is 350 g/mol. The molecule has 3 amide bonds. The van der Waals surface area contributed by atoms with Gasteiger partial charge in [0.25, 0.3) is 0 Å². The van der Waals surface area contributed by atoms with Crippen molar-refractivity contribution in [1.82, 2.24) is 15.1 Å². The van der Waals surface area contributed by atoms with Crippen molar-refractivity contribution in [1.29, 1.82) is 0 Å². The van der Waals surface area contributed by atoms with Crippen LogP contribution in [0, 0.1) is 5.92 Å². The number of carbonyl (C=O) groups excluding carboxylic acids is 3. The maximum Gasteiger partial charge on any atom is 0.407 e. The molecule has 2 saturated heterocycles. The van der Waals surface area contributed by atoms with Gasteiger partial charge in [-0.1, -0.05) is 0 Å². The predicted octanol–water partition coefficient (Wildman–Crippen LogP) is 1.39. The predicted molar refractivity (Wildman–Crippen MR) is 100 cm³/mol. The highest BCUT2D eigenvalue weighted by molar-refractivity contribution is 5.79. The van der Waals surface area contributed by atoms with Crippen LogP contribution in [-0.2, 0) is 19.1 Å². The smallest absolute Gasteiger partial charge is 0.407 e. The lowest BCUT2D eigenvalue weighted by Crippen LogP contribution is -2.51. The van der Waals surface area contributed by atoms with Crippen LogP contribution in [0.25, 0.3) is 0 Å². The molecule has 0 saturated carbocycles. The normalized spacial score (nSPS) is 18.9. The zero-order valence-corrected chi connectivity index (χ0v) is 16.8. The van der Waals surface area contributed by atoms with Crippen molar-refractivity contribution >= 4 is 17.9 Å². The molecule has 0 aromatic rings. The van der Waals surface area contributed by atoms with E-state index in [-0.39, 0.29) is 24.8 Å². The third-order valence-corrected chi connectivity index (χ3v) is 4.80. The number of alkyl carbamates (subject to hydrolysis) is 1.